The summed E-state index contributed by atoms with van der Waals surface area (Å²) in [5, 5.41) is 6.01. The second-order valence-electron chi connectivity index (χ2n) is 4.96. The smallest absolute Gasteiger partial charge is 0.253 e. The molecule has 1 amide bonds. The van der Waals surface area contributed by atoms with Crippen LogP contribution in [0.25, 0.3) is 0 Å². The highest BCUT2D eigenvalue weighted by Gasteiger charge is 2.06. The average Bonchev–Trinajstić information content (AvgIpc) is 2.44. The van der Waals surface area contributed by atoms with Gasteiger partial charge in [0, 0.05) is 18.4 Å². The van der Waals surface area contributed by atoms with Crippen LogP contribution in [0.5, 0.6) is 0 Å². The molecule has 1 aromatic carbocycles. The molecule has 0 aliphatic carbocycles. The van der Waals surface area contributed by atoms with Gasteiger partial charge < -0.3 is 10.6 Å². The predicted octanol–water partition coefficient (Wildman–Crippen LogP) is 3.36. The third-order valence-electron chi connectivity index (χ3n) is 2.92. The number of amides is 1. The molecule has 0 atom stereocenters. The fourth-order valence-corrected chi connectivity index (χ4v) is 2.11. The van der Waals surface area contributed by atoms with Crippen molar-refractivity contribution >= 4 is 17.3 Å². The summed E-state index contributed by atoms with van der Waals surface area (Å²) in [5.41, 5.74) is 4.66. The second kappa shape index (κ2) is 6.70. The van der Waals surface area contributed by atoms with Crippen LogP contribution in [0.4, 0.5) is 11.4 Å². The summed E-state index contributed by atoms with van der Waals surface area (Å²) in [7, 11) is 0. The molecule has 0 unspecified atom stereocenters. The molecule has 0 spiro atoms. The van der Waals surface area contributed by atoms with Crippen molar-refractivity contribution in [3.05, 3.63) is 66.0 Å². The summed E-state index contributed by atoms with van der Waals surface area (Å²) in [5.74, 6) is -0.161. The molecule has 1 aromatic heterocycles. The van der Waals surface area contributed by atoms with E-state index in [1.807, 2.05) is 0 Å². The van der Waals surface area contributed by atoms with Gasteiger partial charge in [-0.3, -0.25) is 9.78 Å². The SMILES string of the molecule is C=CCNC(=O)c1cncc(Nc2cc(C)cc(C)c2)c1. The summed E-state index contributed by atoms with van der Waals surface area (Å²) in [6, 6.07) is 8.00. The fraction of sp³-hybridized carbons (Fsp3) is 0.176. The maximum Gasteiger partial charge on any atom is 0.253 e. The van der Waals surface area contributed by atoms with Gasteiger partial charge in [0.25, 0.3) is 5.91 Å². The molecule has 21 heavy (non-hydrogen) atoms. The largest absolute Gasteiger partial charge is 0.354 e. The Labute approximate surface area is 124 Å². The Balaban J connectivity index is 2.17. The molecule has 0 fully saturated rings. The molecule has 0 saturated carbocycles. The van der Waals surface area contributed by atoms with Crippen LogP contribution in [-0.2, 0) is 0 Å². The lowest BCUT2D eigenvalue weighted by molar-refractivity contribution is 0.0957. The van der Waals surface area contributed by atoms with Gasteiger partial charge in [-0.25, -0.2) is 0 Å². The van der Waals surface area contributed by atoms with Crippen LogP contribution in [-0.4, -0.2) is 17.4 Å². The standard InChI is InChI=1S/C17H19N3O/c1-4-5-19-17(21)14-9-16(11-18-10-14)20-15-7-12(2)6-13(3)8-15/h4,6-11,20H,1,5H2,2-3H3,(H,19,21). The van der Waals surface area contributed by atoms with Gasteiger partial charge in [0.1, 0.15) is 0 Å². The minimum atomic E-state index is -0.161. The number of aryl methyl sites for hydroxylation is 2. The van der Waals surface area contributed by atoms with Gasteiger partial charge in [0.2, 0.25) is 0 Å². The van der Waals surface area contributed by atoms with E-state index in [4.69, 9.17) is 0 Å². The van der Waals surface area contributed by atoms with Crippen molar-refractivity contribution in [2.75, 3.05) is 11.9 Å². The highest BCUT2D eigenvalue weighted by atomic mass is 16.1. The van der Waals surface area contributed by atoms with Gasteiger partial charge in [0.05, 0.1) is 17.4 Å². The van der Waals surface area contributed by atoms with E-state index in [1.54, 1.807) is 24.5 Å². The molecule has 0 aliphatic heterocycles. The van der Waals surface area contributed by atoms with Crippen molar-refractivity contribution in [1.29, 1.82) is 0 Å². The van der Waals surface area contributed by atoms with E-state index >= 15 is 0 Å². The van der Waals surface area contributed by atoms with Crippen LogP contribution < -0.4 is 10.6 Å². The number of rotatable bonds is 5. The highest BCUT2D eigenvalue weighted by Crippen LogP contribution is 2.19. The van der Waals surface area contributed by atoms with Gasteiger partial charge in [-0.15, -0.1) is 6.58 Å². The summed E-state index contributed by atoms with van der Waals surface area (Å²) in [6.45, 7) is 8.11. The van der Waals surface area contributed by atoms with E-state index in [-0.39, 0.29) is 5.91 Å². The van der Waals surface area contributed by atoms with E-state index in [0.717, 1.165) is 11.4 Å². The third-order valence-corrected chi connectivity index (χ3v) is 2.92. The first kappa shape index (κ1) is 14.8. The van der Waals surface area contributed by atoms with Gasteiger partial charge in [-0.1, -0.05) is 12.1 Å². The number of carbonyl (C=O) groups excluding carboxylic acids is 1. The molecule has 4 heteroatoms. The molecule has 4 nitrogen and oxygen atoms in total. The summed E-state index contributed by atoms with van der Waals surface area (Å²) >= 11 is 0. The van der Waals surface area contributed by atoms with Crippen molar-refractivity contribution in [2.24, 2.45) is 0 Å². The van der Waals surface area contributed by atoms with Crippen molar-refractivity contribution in [2.45, 2.75) is 13.8 Å². The summed E-state index contributed by atoms with van der Waals surface area (Å²) in [4.78, 5) is 16.0. The Morgan fingerprint density at radius 3 is 2.52 bits per heavy atom. The number of carbonyl (C=O) groups is 1. The summed E-state index contributed by atoms with van der Waals surface area (Å²) in [6.07, 6.45) is 4.88. The van der Waals surface area contributed by atoms with E-state index in [0.29, 0.717) is 12.1 Å². The van der Waals surface area contributed by atoms with Gasteiger partial charge in [0.15, 0.2) is 0 Å². The Morgan fingerprint density at radius 1 is 1.14 bits per heavy atom. The maximum absolute atomic E-state index is 11.9. The second-order valence-corrected chi connectivity index (χ2v) is 4.96. The first-order valence-corrected chi connectivity index (χ1v) is 6.78. The quantitative estimate of drug-likeness (QED) is 0.826. The van der Waals surface area contributed by atoms with E-state index in [2.05, 4.69) is 54.2 Å². The lowest BCUT2D eigenvalue weighted by atomic mass is 10.1. The van der Waals surface area contributed by atoms with Crippen LogP contribution in [0, 0.1) is 13.8 Å². The lowest BCUT2D eigenvalue weighted by Crippen LogP contribution is -2.23. The molecule has 0 radical (unpaired) electrons. The first-order chi connectivity index (χ1) is 10.1. The molecule has 0 saturated heterocycles. The molecule has 0 aliphatic rings. The van der Waals surface area contributed by atoms with Gasteiger partial charge in [-0.2, -0.15) is 0 Å². The van der Waals surface area contributed by atoms with E-state index < -0.39 is 0 Å². The molecule has 2 rings (SSSR count). The van der Waals surface area contributed by atoms with E-state index in [9.17, 15) is 4.79 Å². The predicted molar refractivity (Wildman–Crippen MR) is 86.0 cm³/mol. The monoisotopic (exact) mass is 281 g/mol. The number of nitrogens with zero attached hydrogens (tertiary/aromatic N) is 1. The number of nitrogens with one attached hydrogen (secondary N) is 2. The highest BCUT2D eigenvalue weighted by molar-refractivity contribution is 5.94. The Hall–Kier alpha value is -2.62. The minimum Gasteiger partial charge on any atom is -0.354 e. The number of hydrogen-bond acceptors (Lipinski definition) is 3. The number of anilines is 2. The average molecular weight is 281 g/mol. The number of hydrogen-bond donors (Lipinski definition) is 2. The van der Waals surface area contributed by atoms with Crippen LogP contribution >= 0.6 is 0 Å². The molecular formula is C17H19N3O. The number of aromatic nitrogens is 1. The zero-order chi connectivity index (χ0) is 15.2. The van der Waals surface area contributed by atoms with Gasteiger partial charge >= 0.3 is 0 Å². The lowest BCUT2D eigenvalue weighted by Gasteiger charge is -2.09. The van der Waals surface area contributed by atoms with Crippen molar-refractivity contribution in [3.8, 4) is 0 Å². The van der Waals surface area contributed by atoms with Crippen molar-refractivity contribution < 1.29 is 4.79 Å². The summed E-state index contributed by atoms with van der Waals surface area (Å²) < 4.78 is 0. The maximum atomic E-state index is 11.9. The molecule has 0 bridgehead atoms. The number of pyridine rings is 1. The van der Waals surface area contributed by atoms with Crippen molar-refractivity contribution in [1.82, 2.24) is 10.3 Å². The fourth-order valence-electron chi connectivity index (χ4n) is 2.11. The first-order valence-electron chi connectivity index (χ1n) is 6.78. The normalized spacial score (nSPS) is 10.0. The molecule has 1 heterocycles. The van der Waals surface area contributed by atoms with Crippen LogP contribution in [0.15, 0.2) is 49.3 Å². The molecule has 2 aromatic rings. The Morgan fingerprint density at radius 2 is 1.86 bits per heavy atom. The minimum absolute atomic E-state index is 0.161. The van der Waals surface area contributed by atoms with Crippen LogP contribution in [0.2, 0.25) is 0 Å². The molecular weight excluding hydrogens is 262 g/mol. The molecule has 108 valence electrons. The van der Waals surface area contributed by atoms with Crippen molar-refractivity contribution in [3.63, 3.8) is 0 Å². The Bertz CT molecular complexity index is 645. The number of benzene rings is 1. The Kier molecular flexibility index (Phi) is 4.72. The van der Waals surface area contributed by atoms with E-state index in [1.165, 1.54) is 11.1 Å². The van der Waals surface area contributed by atoms with Gasteiger partial charge in [-0.05, 0) is 43.2 Å². The zero-order valence-electron chi connectivity index (χ0n) is 12.3. The zero-order valence-corrected chi connectivity index (χ0v) is 12.3. The topological polar surface area (TPSA) is 54.0 Å². The third kappa shape index (κ3) is 4.18. The van der Waals surface area contributed by atoms with Crippen LogP contribution in [0.3, 0.4) is 0 Å². The van der Waals surface area contributed by atoms with Crippen LogP contribution in [0.1, 0.15) is 21.5 Å². The molecule has 2 N–H and O–H groups in total.